The zero-order valence-corrected chi connectivity index (χ0v) is 17.1. The van der Waals surface area contributed by atoms with Crippen LogP contribution in [0.5, 0.6) is 0 Å². The van der Waals surface area contributed by atoms with Crippen LogP contribution < -0.4 is 5.32 Å². The van der Waals surface area contributed by atoms with Gasteiger partial charge in [-0.2, -0.15) is 5.26 Å². The molecule has 1 N–H and O–H groups in total. The Morgan fingerprint density at radius 1 is 1.36 bits per heavy atom. The molecule has 0 saturated heterocycles. The van der Waals surface area contributed by atoms with Crippen molar-refractivity contribution >= 4 is 39.2 Å². The van der Waals surface area contributed by atoms with E-state index in [9.17, 15) is 0 Å². The van der Waals surface area contributed by atoms with Gasteiger partial charge in [0.2, 0.25) is 0 Å². The van der Waals surface area contributed by atoms with Gasteiger partial charge in [-0.3, -0.25) is 0 Å². The van der Waals surface area contributed by atoms with Crippen molar-refractivity contribution in [3.63, 3.8) is 0 Å². The summed E-state index contributed by atoms with van der Waals surface area (Å²) in [4.78, 5) is 2.35. The highest BCUT2D eigenvalue weighted by Gasteiger charge is 2.23. The molecule has 0 atom stereocenters. The van der Waals surface area contributed by atoms with Gasteiger partial charge in [-0.05, 0) is 80.6 Å². The van der Waals surface area contributed by atoms with Crippen LogP contribution in [0, 0.1) is 15.0 Å². The molecule has 0 radical (unpaired) electrons. The number of halogens is 1. The van der Waals surface area contributed by atoms with Crippen molar-refractivity contribution < 1.29 is 0 Å². The molecule has 0 bridgehead atoms. The van der Waals surface area contributed by atoms with Crippen molar-refractivity contribution in [3.05, 3.63) is 40.1 Å². The number of aromatic nitrogens is 1. The first-order valence-electron chi connectivity index (χ1n) is 8.78. The van der Waals surface area contributed by atoms with Gasteiger partial charge < -0.3 is 14.8 Å². The Morgan fingerprint density at radius 3 is 2.72 bits per heavy atom. The summed E-state index contributed by atoms with van der Waals surface area (Å²) in [7, 11) is 4.36. The van der Waals surface area contributed by atoms with E-state index in [1.54, 1.807) is 0 Å². The minimum absolute atomic E-state index is 0.539. The normalized spacial score (nSPS) is 20.6. The lowest BCUT2D eigenvalue weighted by atomic mass is 9.90. The lowest BCUT2D eigenvalue weighted by Crippen LogP contribution is -2.36. The minimum atomic E-state index is 0.539. The Morgan fingerprint density at radius 2 is 2.08 bits per heavy atom. The van der Waals surface area contributed by atoms with Gasteiger partial charge >= 0.3 is 0 Å². The Hall–Kier alpha value is -1.52. The first-order valence-corrected chi connectivity index (χ1v) is 9.86. The number of nitriles is 1. The summed E-state index contributed by atoms with van der Waals surface area (Å²) in [6, 6.07) is 12.0. The Balaban J connectivity index is 1.80. The fourth-order valence-corrected chi connectivity index (χ4v) is 4.46. The first kappa shape index (κ1) is 18.3. The molecule has 1 fully saturated rings. The standard InChI is InChI=1S/C20H25IN4/c1-14(12-22)13-25-19-6-4-5-18(17(19)11-20(25)21)23-15-7-9-16(10-8-15)24(2)3/h4-6,11,15-16,23H,1,7-10,13H2,2-3H3/t15-,16-. The molecule has 1 aliphatic rings. The number of hydrogen-bond donors (Lipinski definition) is 1. The number of nitrogens with zero attached hydrogens (tertiary/aromatic N) is 3. The lowest BCUT2D eigenvalue weighted by molar-refractivity contribution is 0.221. The number of rotatable bonds is 5. The molecule has 1 heterocycles. The molecule has 4 nitrogen and oxygen atoms in total. The molecule has 1 aromatic heterocycles. The van der Waals surface area contributed by atoms with Crippen molar-refractivity contribution in [1.29, 1.82) is 5.26 Å². The van der Waals surface area contributed by atoms with E-state index < -0.39 is 0 Å². The molecule has 0 spiro atoms. The van der Waals surface area contributed by atoms with Gasteiger partial charge in [0.05, 0.1) is 21.8 Å². The lowest BCUT2D eigenvalue weighted by Gasteiger charge is -2.33. The molecule has 3 rings (SSSR count). The maximum absolute atomic E-state index is 9.05. The van der Waals surface area contributed by atoms with Crippen molar-refractivity contribution in [2.75, 3.05) is 19.4 Å². The smallest absolute Gasteiger partial charge is 0.0960 e. The maximum atomic E-state index is 9.05. The van der Waals surface area contributed by atoms with E-state index in [0.717, 1.165) is 9.22 Å². The van der Waals surface area contributed by atoms with Crippen LogP contribution in [-0.2, 0) is 6.54 Å². The van der Waals surface area contributed by atoms with Crippen LogP contribution in [0.2, 0.25) is 0 Å². The van der Waals surface area contributed by atoms with Crippen molar-refractivity contribution in [3.8, 4) is 6.07 Å². The van der Waals surface area contributed by atoms with Crippen molar-refractivity contribution in [2.24, 2.45) is 0 Å². The number of fused-ring (bicyclic) bond motifs is 1. The van der Waals surface area contributed by atoms with Crippen molar-refractivity contribution in [2.45, 2.75) is 44.3 Å². The predicted octanol–water partition coefficient (Wildman–Crippen LogP) is 4.61. The third-order valence-electron chi connectivity index (χ3n) is 5.19. The van der Waals surface area contributed by atoms with E-state index in [1.807, 2.05) is 0 Å². The molecule has 5 heteroatoms. The molecule has 0 unspecified atom stereocenters. The van der Waals surface area contributed by atoms with Crippen LogP contribution in [0.4, 0.5) is 5.69 Å². The predicted molar refractivity (Wildman–Crippen MR) is 113 cm³/mol. The summed E-state index contributed by atoms with van der Waals surface area (Å²) in [5, 5.41) is 14.0. The van der Waals surface area contributed by atoms with Gasteiger partial charge in [-0.1, -0.05) is 12.6 Å². The fraction of sp³-hybridized carbons (Fsp3) is 0.450. The van der Waals surface area contributed by atoms with Gasteiger partial charge in [0.25, 0.3) is 0 Å². The second-order valence-electron chi connectivity index (χ2n) is 7.12. The summed E-state index contributed by atoms with van der Waals surface area (Å²) >= 11 is 2.34. The SMILES string of the molecule is C=C(C#N)Cn1c(I)cc2c(N[C@H]3CC[C@H](N(C)C)CC3)cccc21. The molecule has 1 aromatic carbocycles. The molecular formula is C20H25IN4. The summed E-state index contributed by atoms with van der Waals surface area (Å²) in [6.45, 7) is 4.38. The van der Waals surface area contributed by atoms with Gasteiger partial charge in [0.1, 0.15) is 0 Å². The Kier molecular flexibility index (Phi) is 5.70. The third-order valence-corrected chi connectivity index (χ3v) is 6.08. The zero-order valence-electron chi connectivity index (χ0n) is 14.9. The van der Waals surface area contributed by atoms with Gasteiger partial charge in [-0.15, -0.1) is 0 Å². The number of nitrogens with one attached hydrogen (secondary N) is 1. The minimum Gasteiger partial charge on any atom is -0.382 e. The van der Waals surface area contributed by atoms with E-state index in [2.05, 4.69) is 88.4 Å². The van der Waals surface area contributed by atoms with Crippen LogP contribution >= 0.6 is 22.6 Å². The van der Waals surface area contributed by atoms with E-state index in [-0.39, 0.29) is 0 Å². The van der Waals surface area contributed by atoms with Gasteiger partial charge in [0, 0.05) is 28.7 Å². The first-order chi connectivity index (χ1) is 12.0. The zero-order chi connectivity index (χ0) is 18.0. The second kappa shape index (κ2) is 7.79. The molecule has 1 saturated carbocycles. The van der Waals surface area contributed by atoms with Crippen LogP contribution in [0.3, 0.4) is 0 Å². The summed E-state index contributed by atoms with van der Waals surface area (Å²) in [6.07, 6.45) is 4.92. The molecule has 0 amide bonds. The highest BCUT2D eigenvalue weighted by molar-refractivity contribution is 14.1. The Labute approximate surface area is 163 Å². The quantitative estimate of drug-likeness (QED) is 0.537. The number of allylic oxidation sites excluding steroid dienone is 1. The Bertz CT molecular complexity index is 807. The van der Waals surface area contributed by atoms with E-state index in [4.69, 9.17) is 5.26 Å². The highest BCUT2D eigenvalue weighted by atomic mass is 127. The molecule has 132 valence electrons. The molecule has 0 aliphatic heterocycles. The number of anilines is 1. The topological polar surface area (TPSA) is 44.0 Å². The molecule has 1 aliphatic carbocycles. The van der Waals surface area contributed by atoms with Crippen LogP contribution in [-0.4, -0.2) is 35.6 Å². The third kappa shape index (κ3) is 4.01. The fourth-order valence-electron chi connectivity index (χ4n) is 3.72. The number of hydrogen-bond acceptors (Lipinski definition) is 3. The monoisotopic (exact) mass is 448 g/mol. The maximum Gasteiger partial charge on any atom is 0.0960 e. The van der Waals surface area contributed by atoms with Crippen LogP contribution in [0.15, 0.2) is 36.4 Å². The summed E-state index contributed by atoms with van der Waals surface area (Å²) in [5.74, 6) is 0. The summed E-state index contributed by atoms with van der Waals surface area (Å²) < 4.78 is 3.30. The molecular weight excluding hydrogens is 423 g/mol. The number of benzene rings is 1. The highest BCUT2D eigenvalue weighted by Crippen LogP contribution is 2.31. The molecule has 25 heavy (non-hydrogen) atoms. The van der Waals surface area contributed by atoms with E-state index >= 15 is 0 Å². The van der Waals surface area contributed by atoms with Gasteiger partial charge in [-0.25, -0.2) is 0 Å². The average Bonchev–Trinajstić information content (AvgIpc) is 2.92. The largest absolute Gasteiger partial charge is 0.382 e. The summed E-state index contributed by atoms with van der Waals surface area (Å²) in [5.41, 5.74) is 2.94. The van der Waals surface area contributed by atoms with Crippen molar-refractivity contribution in [1.82, 2.24) is 9.47 Å². The second-order valence-corrected chi connectivity index (χ2v) is 8.23. The average molecular weight is 448 g/mol. The van der Waals surface area contributed by atoms with Crippen LogP contribution in [0.1, 0.15) is 25.7 Å². The molecule has 2 aromatic rings. The van der Waals surface area contributed by atoms with E-state index in [1.165, 1.54) is 36.8 Å². The van der Waals surface area contributed by atoms with Crippen LogP contribution in [0.25, 0.3) is 10.9 Å². The van der Waals surface area contributed by atoms with Gasteiger partial charge in [0.15, 0.2) is 0 Å². The van der Waals surface area contributed by atoms with E-state index in [0.29, 0.717) is 24.2 Å².